The molecule has 4 aliphatic heterocycles. The van der Waals surface area contributed by atoms with Crippen LogP contribution in [0.1, 0.15) is 72.0 Å². The number of carbonyl (C=O) groups excluding carboxylic acids is 2. The first kappa shape index (κ1) is 28.7. The summed E-state index contributed by atoms with van der Waals surface area (Å²) in [6.45, 7) is 9.13. The van der Waals surface area contributed by atoms with Gasteiger partial charge in [0.1, 0.15) is 23.6 Å². The summed E-state index contributed by atoms with van der Waals surface area (Å²) in [7, 11) is 0. The molecule has 0 saturated carbocycles. The van der Waals surface area contributed by atoms with Crippen LogP contribution in [-0.4, -0.2) is 88.3 Å². The largest absolute Gasteiger partial charge is 0.492 e. The van der Waals surface area contributed by atoms with E-state index in [4.69, 9.17) is 16.2 Å². The number of aliphatic imine (C=N–C) groups is 2. The van der Waals surface area contributed by atoms with Gasteiger partial charge in [0.05, 0.1) is 24.3 Å². The molecule has 228 valence electrons. The number of aromatic nitrogens is 1. The summed E-state index contributed by atoms with van der Waals surface area (Å²) >= 11 is 0. The number of hydrogen-bond donors (Lipinski definition) is 6. The van der Waals surface area contributed by atoms with Crippen molar-refractivity contribution < 1.29 is 19.4 Å². The van der Waals surface area contributed by atoms with Crippen LogP contribution >= 0.6 is 0 Å². The molecule has 1 fully saturated rings. The van der Waals surface area contributed by atoms with Gasteiger partial charge in [-0.25, -0.2) is 9.98 Å². The fourth-order valence-corrected chi connectivity index (χ4v) is 6.57. The average molecular weight is 590 g/mol. The second kappa shape index (κ2) is 10.4. The van der Waals surface area contributed by atoms with Gasteiger partial charge in [-0.05, 0) is 35.4 Å². The molecular weight excluding hydrogens is 550 g/mol. The van der Waals surface area contributed by atoms with Gasteiger partial charge >= 0.3 is 0 Å². The van der Waals surface area contributed by atoms with E-state index >= 15 is 0 Å². The number of rotatable bonds is 6. The monoisotopic (exact) mass is 589 g/mol. The third-order valence-corrected chi connectivity index (χ3v) is 9.09. The SMILES string of the molecule is CC(C)c1ccc(C(=O)NC[C@@H]2N=C(N)N3CC(NC(=O)c4cccc5c4OCCC5(C)C)[C@@H](O)C34NC(N)=NC24)nc1. The van der Waals surface area contributed by atoms with Crippen LogP contribution in [0, 0.1) is 0 Å². The third-order valence-electron chi connectivity index (χ3n) is 9.09. The van der Waals surface area contributed by atoms with Crippen molar-refractivity contribution in [2.24, 2.45) is 21.5 Å². The van der Waals surface area contributed by atoms with Crippen LogP contribution in [-0.2, 0) is 5.41 Å². The lowest BCUT2D eigenvalue weighted by Crippen LogP contribution is -2.73. The summed E-state index contributed by atoms with van der Waals surface area (Å²) in [6.07, 6.45) is 1.37. The van der Waals surface area contributed by atoms with Crippen molar-refractivity contribution in [2.45, 2.75) is 75.3 Å². The number of guanidine groups is 2. The first-order valence-corrected chi connectivity index (χ1v) is 14.6. The number of fused-ring (bicyclic) bond motifs is 1. The Morgan fingerprint density at radius 1 is 1.19 bits per heavy atom. The molecule has 4 aliphatic rings. The summed E-state index contributed by atoms with van der Waals surface area (Å²) in [5, 5.41) is 20.7. The predicted octanol–water partition coefficient (Wildman–Crippen LogP) is 0.150. The first-order valence-electron chi connectivity index (χ1n) is 14.6. The van der Waals surface area contributed by atoms with Gasteiger partial charge in [-0.1, -0.05) is 45.9 Å². The third kappa shape index (κ3) is 4.71. The minimum atomic E-state index is -1.25. The van der Waals surface area contributed by atoms with Gasteiger partial charge < -0.3 is 42.2 Å². The highest BCUT2D eigenvalue weighted by Crippen LogP contribution is 2.42. The van der Waals surface area contributed by atoms with E-state index in [1.54, 1.807) is 23.2 Å². The maximum absolute atomic E-state index is 13.6. The number of para-hydroxylation sites is 1. The average Bonchev–Trinajstić information content (AvgIpc) is 3.47. The number of nitrogens with zero attached hydrogens (tertiary/aromatic N) is 4. The second-order valence-electron chi connectivity index (χ2n) is 12.6. The lowest BCUT2D eigenvalue weighted by molar-refractivity contribution is 0.0143. The maximum atomic E-state index is 13.6. The number of nitrogens with one attached hydrogen (secondary N) is 3. The quantitative estimate of drug-likeness (QED) is 0.272. The van der Waals surface area contributed by atoms with Gasteiger partial charge in [0.2, 0.25) is 0 Å². The number of nitrogens with two attached hydrogens (primary N) is 2. The van der Waals surface area contributed by atoms with E-state index in [2.05, 4.69) is 58.6 Å². The number of hydrogen-bond acceptors (Lipinski definition) is 11. The van der Waals surface area contributed by atoms with Crippen molar-refractivity contribution in [1.82, 2.24) is 25.8 Å². The zero-order valence-electron chi connectivity index (χ0n) is 24.8. The predicted molar refractivity (Wildman–Crippen MR) is 161 cm³/mol. The zero-order valence-corrected chi connectivity index (χ0v) is 24.8. The maximum Gasteiger partial charge on any atom is 0.269 e. The number of aliphatic hydroxyl groups excluding tert-OH is 1. The smallest absolute Gasteiger partial charge is 0.269 e. The van der Waals surface area contributed by atoms with Crippen LogP contribution in [0.2, 0.25) is 0 Å². The molecule has 6 rings (SSSR count). The highest BCUT2D eigenvalue weighted by molar-refractivity contribution is 5.98. The van der Waals surface area contributed by atoms with E-state index in [1.807, 2.05) is 18.2 Å². The van der Waals surface area contributed by atoms with Gasteiger partial charge in [-0.3, -0.25) is 14.6 Å². The Labute approximate surface area is 250 Å². The van der Waals surface area contributed by atoms with Crippen molar-refractivity contribution >= 4 is 23.7 Å². The zero-order chi connectivity index (χ0) is 30.7. The molecule has 2 aromatic rings. The van der Waals surface area contributed by atoms with Crippen LogP contribution in [0.15, 0.2) is 46.5 Å². The number of aliphatic hydroxyl groups is 1. The van der Waals surface area contributed by atoms with Crippen molar-refractivity contribution in [1.29, 1.82) is 0 Å². The molecule has 1 saturated heterocycles. The Balaban J connectivity index is 1.20. The van der Waals surface area contributed by atoms with Crippen molar-refractivity contribution in [2.75, 3.05) is 19.7 Å². The van der Waals surface area contributed by atoms with E-state index in [0.717, 1.165) is 17.5 Å². The van der Waals surface area contributed by atoms with E-state index in [1.165, 1.54) is 0 Å². The minimum Gasteiger partial charge on any atom is -0.492 e. The molecule has 2 amide bonds. The standard InChI is InChI=1S/C30H39N9O4/c1-15(2)16-8-9-19(33-12-16)26(42)34-13-20-23-30(38-27(31)37-23)24(40)21(14-39(30)28(32)36-20)35-25(41)17-6-5-7-18-22(17)43-11-10-29(18,3)4/h5-9,12,15,20-21,23-24,40H,10-11,13-14H2,1-4H3,(H2,32,36)(H,34,42)(H,35,41)(H3,31,37,38)/t20-,21?,23?,24+,30?/m0/s1. The lowest BCUT2D eigenvalue weighted by atomic mass is 9.79. The Hall–Kier alpha value is -4.39. The van der Waals surface area contributed by atoms with Crippen LogP contribution in [0.3, 0.4) is 0 Å². The van der Waals surface area contributed by atoms with Gasteiger partial charge in [-0.2, -0.15) is 0 Å². The Morgan fingerprint density at radius 3 is 2.70 bits per heavy atom. The van der Waals surface area contributed by atoms with E-state index in [9.17, 15) is 14.7 Å². The summed E-state index contributed by atoms with van der Waals surface area (Å²) in [5.74, 6) is 0.387. The van der Waals surface area contributed by atoms with Crippen molar-refractivity contribution in [3.8, 4) is 5.75 Å². The highest BCUT2D eigenvalue weighted by atomic mass is 16.5. The topological polar surface area (TPSA) is 193 Å². The number of benzene rings is 1. The summed E-state index contributed by atoms with van der Waals surface area (Å²) in [5.41, 5.74) is 13.9. The van der Waals surface area contributed by atoms with Crippen molar-refractivity contribution in [3.05, 3.63) is 58.9 Å². The summed E-state index contributed by atoms with van der Waals surface area (Å²) in [6, 6.07) is 7.05. The van der Waals surface area contributed by atoms with Crippen LogP contribution in [0.5, 0.6) is 5.75 Å². The molecule has 3 unspecified atom stereocenters. The van der Waals surface area contributed by atoms with Crippen molar-refractivity contribution in [3.63, 3.8) is 0 Å². The number of amides is 2. The normalized spacial score (nSPS) is 28.5. The van der Waals surface area contributed by atoms with Crippen LogP contribution in [0.25, 0.3) is 0 Å². The molecule has 5 atom stereocenters. The van der Waals surface area contributed by atoms with Crippen LogP contribution in [0.4, 0.5) is 0 Å². The summed E-state index contributed by atoms with van der Waals surface area (Å²) in [4.78, 5) is 41.7. The molecule has 0 radical (unpaired) electrons. The van der Waals surface area contributed by atoms with Gasteiger partial charge in [0.15, 0.2) is 17.6 Å². The number of pyridine rings is 1. The molecular formula is C30H39N9O4. The molecule has 13 heteroatoms. The first-order chi connectivity index (χ1) is 20.4. The Bertz CT molecular complexity index is 1510. The number of ether oxygens (including phenoxy) is 1. The van der Waals surface area contributed by atoms with E-state index in [-0.39, 0.29) is 47.9 Å². The van der Waals surface area contributed by atoms with Gasteiger partial charge in [0.25, 0.3) is 11.8 Å². The fraction of sp³-hybridized carbons (Fsp3) is 0.500. The van der Waals surface area contributed by atoms with E-state index in [0.29, 0.717) is 23.8 Å². The molecule has 1 aromatic heterocycles. The lowest BCUT2D eigenvalue weighted by Gasteiger charge is -2.46. The molecule has 0 aliphatic carbocycles. The Morgan fingerprint density at radius 2 is 1.98 bits per heavy atom. The van der Waals surface area contributed by atoms with Gasteiger partial charge in [-0.15, -0.1) is 0 Å². The summed E-state index contributed by atoms with van der Waals surface area (Å²) < 4.78 is 5.95. The molecule has 0 bridgehead atoms. The molecule has 13 nitrogen and oxygen atoms in total. The second-order valence-corrected chi connectivity index (χ2v) is 12.6. The highest BCUT2D eigenvalue weighted by Gasteiger charge is 2.65. The molecule has 1 spiro atoms. The van der Waals surface area contributed by atoms with Gasteiger partial charge in [0, 0.05) is 24.8 Å². The van der Waals surface area contributed by atoms with Crippen LogP contribution < -0.4 is 32.2 Å². The fourth-order valence-electron chi connectivity index (χ4n) is 6.57. The van der Waals surface area contributed by atoms with E-state index < -0.39 is 29.9 Å². The Kier molecular flexibility index (Phi) is 6.95. The number of carbonyl (C=O) groups is 2. The molecule has 43 heavy (non-hydrogen) atoms. The molecule has 5 heterocycles. The molecule has 1 aromatic carbocycles. The molecule has 8 N–H and O–H groups in total. The minimum absolute atomic E-state index is 0.0822.